The van der Waals surface area contributed by atoms with Gasteiger partial charge in [0.25, 0.3) is 0 Å². The third-order valence-electron chi connectivity index (χ3n) is 5.02. The van der Waals surface area contributed by atoms with Crippen molar-refractivity contribution in [3.8, 4) is 10.4 Å². The fourth-order valence-corrected chi connectivity index (χ4v) is 4.24. The van der Waals surface area contributed by atoms with Crippen molar-refractivity contribution >= 4 is 28.8 Å². The highest BCUT2D eigenvalue weighted by Gasteiger charge is 2.24. The molecule has 1 N–H and O–H groups in total. The summed E-state index contributed by atoms with van der Waals surface area (Å²) in [5.41, 5.74) is 3.25. The number of nitrogens with one attached hydrogen (secondary N) is 1. The van der Waals surface area contributed by atoms with E-state index in [1.54, 1.807) is 27.2 Å². The third-order valence-corrected chi connectivity index (χ3v) is 5.92. The smallest absolute Gasteiger partial charge is 0.415 e. The Bertz CT molecular complexity index is 1190. The van der Waals surface area contributed by atoms with Gasteiger partial charge in [0.1, 0.15) is 18.3 Å². The van der Waals surface area contributed by atoms with Crippen molar-refractivity contribution in [2.45, 2.75) is 39.5 Å². The maximum atomic E-state index is 13.2. The van der Waals surface area contributed by atoms with Gasteiger partial charge in [-0.1, -0.05) is 36.4 Å². The van der Waals surface area contributed by atoms with Crippen LogP contribution in [0.25, 0.3) is 10.4 Å². The van der Waals surface area contributed by atoms with Gasteiger partial charge in [-0.3, -0.25) is 9.58 Å². The summed E-state index contributed by atoms with van der Waals surface area (Å²) in [4.78, 5) is 20.0. The zero-order valence-corrected chi connectivity index (χ0v) is 20.5. The van der Waals surface area contributed by atoms with Gasteiger partial charge in [-0.05, 0) is 56.0 Å². The number of ether oxygens (including phenoxy) is 1. The molecular weight excluding hydrogens is 446 g/mol. The molecule has 0 saturated carbocycles. The van der Waals surface area contributed by atoms with Crippen LogP contribution in [0.15, 0.2) is 78.7 Å². The summed E-state index contributed by atoms with van der Waals surface area (Å²) in [5, 5.41) is 9.71. The van der Waals surface area contributed by atoms with E-state index in [1.165, 1.54) is 6.33 Å². The maximum Gasteiger partial charge on any atom is 0.415 e. The van der Waals surface area contributed by atoms with Crippen LogP contribution in [0.4, 0.5) is 16.2 Å². The van der Waals surface area contributed by atoms with Crippen LogP contribution in [0, 0.1) is 0 Å². The lowest BCUT2D eigenvalue weighted by atomic mass is 10.1. The second-order valence-corrected chi connectivity index (χ2v) is 9.79. The number of thiophene rings is 1. The molecule has 0 aliphatic rings. The van der Waals surface area contributed by atoms with Crippen molar-refractivity contribution in [1.82, 2.24) is 14.8 Å². The fraction of sp³-hybridized carbons (Fsp3) is 0.269. The molecule has 1 amide bonds. The number of carbonyl (C=O) groups excluding carboxylic acids is 1. The molecule has 4 aromatic rings. The highest BCUT2D eigenvalue weighted by molar-refractivity contribution is 7.13. The second-order valence-electron chi connectivity index (χ2n) is 8.84. The lowest BCUT2D eigenvalue weighted by Gasteiger charge is -2.28. The molecule has 7 nitrogen and oxygen atoms in total. The first kappa shape index (κ1) is 23.5. The first-order valence-corrected chi connectivity index (χ1v) is 12.1. The first-order valence-electron chi connectivity index (χ1n) is 11.2. The predicted octanol–water partition coefficient (Wildman–Crippen LogP) is 6.06. The fourth-order valence-electron chi connectivity index (χ4n) is 3.49. The van der Waals surface area contributed by atoms with Crippen molar-refractivity contribution in [1.29, 1.82) is 0 Å². The summed E-state index contributed by atoms with van der Waals surface area (Å²) in [6.45, 7) is 7.45. The lowest BCUT2D eigenvalue weighted by Crippen LogP contribution is -2.36. The van der Waals surface area contributed by atoms with Gasteiger partial charge in [-0.25, -0.2) is 9.78 Å². The number of benzene rings is 2. The summed E-state index contributed by atoms with van der Waals surface area (Å²) in [6.07, 6.45) is 2.86. The molecule has 2 heterocycles. The van der Waals surface area contributed by atoms with Gasteiger partial charge in [-0.15, -0.1) is 11.3 Å². The van der Waals surface area contributed by atoms with E-state index in [4.69, 9.17) is 4.74 Å². The van der Waals surface area contributed by atoms with Gasteiger partial charge in [0.2, 0.25) is 0 Å². The number of anilines is 2. The Morgan fingerprint density at radius 3 is 2.62 bits per heavy atom. The van der Waals surface area contributed by atoms with Crippen molar-refractivity contribution < 1.29 is 9.53 Å². The zero-order chi connectivity index (χ0) is 24.0. The van der Waals surface area contributed by atoms with Crippen LogP contribution in [0.2, 0.25) is 0 Å². The number of carbonyl (C=O) groups is 1. The van der Waals surface area contributed by atoms with Gasteiger partial charge in [0.05, 0.1) is 13.1 Å². The zero-order valence-electron chi connectivity index (χ0n) is 19.6. The molecule has 0 unspecified atom stereocenters. The third kappa shape index (κ3) is 6.23. The number of nitrogens with zero attached hydrogens (tertiary/aromatic N) is 4. The molecule has 0 atom stereocenters. The van der Waals surface area contributed by atoms with E-state index < -0.39 is 5.60 Å². The number of aromatic nitrogens is 3. The molecule has 34 heavy (non-hydrogen) atoms. The van der Waals surface area contributed by atoms with Crippen LogP contribution in [-0.2, 0) is 17.8 Å². The number of hydrogen-bond acceptors (Lipinski definition) is 6. The molecule has 0 fully saturated rings. The Balaban J connectivity index is 1.64. The molecule has 0 spiro atoms. The lowest BCUT2D eigenvalue weighted by molar-refractivity contribution is 0.0577. The Kier molecular flexibility index (Phi) is 7.27. The van der Waals surface area contributed by atoms with Crippen LogP contribution < -0.4 is 10.2 Å². The molecule has 4 rings (SSSR count). The predicted molar refractivity (Wildman–Crippen MR) is 137 cm³/mol. The van der Waals surface area contributed by atoms with Crippen LogP contribution in [-0.4, -0.2) is 33.0 Å². The van der Waals surface area contributed by atoms with Crippen molar-refractivity contribution in [3.05, 3.63) is 84.3 Å². The largest absolute Gasteiger partial charge is 0.443 e. The molecule has 176 valence electrons. The number of rotatable bonds is 8. The number of amides is 1. The van der Waals surface area contributed by atoms with Crippen molar-refractivity contribution in [2.24, 2.45) is 0 Å². The van der Waals surface area contributed by atoms with Crippen molar-refractivity contribution in [3.63, 3.8) is 0 Å². The van der Waals surface area contributed by atoms with E-state index in [9.17, 15) is 4.79 Å². The van der Waals surface area contributed by atoms with E-state index >= 15 is 0 Å². The number of hydrogen-bond donors (Lipinski definition) is 1. The minimum Gasteiger partial charge on any atom is -0.443 e. The molecular formula is C26H29N5O2S. The van der Waals surface area contributed by atoms with Crippen LogP contribution in [0.1, 0.15) is 26.3 Å². The molecule has 0 saturated heterocycles. The van der Waals surface area contributed by atoms with Gasteiger partial charge < -0.3 is 10.1 Å². The van der Waals surface area contributed by atoms with E-state index in [0.29, 0.717) is 19.6 Å². The SMILES string of the molecule is CC(C)(C)OC(=O)N(Cc1ccccc1)c1ccc(NCCn2cncn2)c(-c2cccs2)c1. The summed E-state index contributed by atoms with van der Waals surface area (Å²) in [6, 6.07) is 20.1. The summed E-state index contributed by atoms with van der Waals surface area (Å²) in [5.74, 6) is 0. The summed E-state index contributed by atoms with van der Waals surface area (Å²) in [7, 11) is 0. The van der Waals surface area contributed by atoms with Gasteiger partial charge in [-0.2, -0.15) is 5.10 Å². The topological polar surface area (TPSA) is 72.3 Å². The Morgan fingerprint density at radius 1 is 1.12 bits per heavy atom. The van der Waals surface area contributed by atoms with Gasteiger partial charge in [0, 0.05) is 28.4 Å². The average Bonchev–Trinajstić information content (AvgIpc) is 3.52. The molecule has 0 radical (unpaired) electrons. The molecule has 2 aromatic heterocycles. The minimum absolute atomic E-state index is 0.375. The molecule has 2 aromatic carbocycles. The average molecular weight is 476 g/mol. The van der Waals surface area contributed by atoms with E-state index in [-0.39, 0.29) is 6.09 Å². The Labute approximate surface area is 204 Å². The van der Waals surface area contributed by atoms with E-state index in [2.05, 4.69) is 32.9 Å². The van der Waals surface area contributed by atoms with Crippen LogP contribution >= 0.6 is 11.3 Å². The van der Waals surface area contributed by atoms with Gasteiger partial charge >= 0.3 is 6.09 Å². The van der Waals surface area contributed by atoms with E-state index in [1.807, 2.05) is 69.3 Å². The maximum absolute atomic E-state index is 13.2. The van der Waals surface area contributed by atoms with Crippen molar-refractivity contribution in [2.75, 3.05) is 16.8 Å². The summed E-state index contributed by atoms with van der Waals surface area (Å²) >= 11 is 1.66. The van der Waals surface area contributed by atoms with E-state index in [0.717, 1.165) is 27.4 Å². The summed E-state index contributed by atoms with van der Waals surface area (Å²) < 4.78 is 7.54. The standard InChI is InChI=1S/C26H29N5O2S/c1-26(2,3)33-25(32)31(17-20-8-5-4-6-9-20)21-11-12-23(22(16-21)24-10-7-15-34-24)28-13-14-30-19-27-18-29-30/h4-12,15-16,18-19,28H,13-14,17H2,1-3H3. The molecule has 0 bridgehead atoms. The Hall–Kier alpha value is -3.65. The minimum atomic E-state index is -0.592. The molecule has 8 heteroatoms. The van der Waals surface area contributed by atoms with Crippen LogP contribution in [0.3, 0.4) is 0 Å². The quantitative estimate of drug-likeness (QED) is 0.335. The monoisotopic (exact) mass is 475 g/mol. The van der Waals surface area contributed by atoms with Crippen LogP contribution in [0.5, 0.6) is 0 Å². The molecule has 0 aliphatic heterocycles. The second kappa shape index (κ2) is 10.5. The molecule has 0 aliphatic carbocycles. The highest BCUT2D eigenvalue weighted by atomic mass is 32.1. The normalized spacial score (nSPS) is 11.3. The van der Waals surface area contributed by atoms with Gasteiger partial charge in [0.15, 0.2) is 0 Å². The highest BCUT2D eigenvalue weighted by Crippen LogP contribution is 2.36. The first-order chi connectivity index (χ1) is 16.4. The Morgan fingerprint density at radius 2 is 1.94 bits per heavy atom.